The summed E-state index contributed by atoms with van der Waals surface area (Å²) in [7, 11) is -0.945. The molecule has 0 aliphatic heterocycles. The van der Waals surface area contributed by atoms with Crippen molar-refractivity contribution in [2.45, 2.75) is 31.7 Å². The molecule has 0 heterocycles. The Bertz CT molecular complexity index is 1320. The Morgan fingerprint density at radius 2 is 1.71 bits per heavy atom. The van der Waals surface area contributed by atoms with E-state index in [1.165, 1.54) is 18.2 Å². The topological polar surface area (TPSA) is 93.7 Å². The van der Waals surface area contributed by atoms with Crippen molar-refractivity contribution in [3.05, 3.63) is 81.9 Å². The van der Waals surface area contributed by atoms with Crippen LogP contribution in [0.25, 0.3) is 0 Å². The molecule has 0 radical (unpaired) electrons. The molecule has 0 saturated carbocycles. The number of hydrogen-bond donors (Lipinski definition) is 2. The molecule has 7 nitrogen and oxygen atoms in total. The first-order chi connectivity index (χ1) is 16.1. The second-order valence-electron chi connectivity index (χ2n) is 7.87. The zero-order chi connectivity index (χ0) is 25.0. The Balaban J connectivity index is 1.88. The van der Waals surface area contributed by atoms with E-state index in [1.807, 2.05) is 19.1 Å². The van der Waals surface area contributed by atoms with Crippen LogP contribution in [-0.4, -0.2) is 28.5 Å². The number of benzene rings is 3. The molecule has 1 unspecified atom stereocenters. The van der Waals surface area contributed by atoms with Gasteiger partial charge in [-0.05, 0) is 74.4 Å². The maximum atomic E-state index is 13.1. The summed E-state index contributed by atoms with van der Waals surface area (Å²) in [6.45, 7) is 5.47. The normalized spacial score (nSPS) is 12.1. The Hall–Kier alpha value is -3.23. The first kappa shape index (κ1) is 25.4. The number of hydrogen-bond acceptors (Lipinski definition) is 5. The average Bonchev–Trinajstić information content (AvgIpc) is 2.80. The highest BCUT2D eigenvalue weighted by Crippen LogP contribution is 2.30. The Labute approximate surface area is 205 Å². The van der Waals surface area contributed by atoms with Crippen LogP contribution in [0.4, 0.5) is 5.69 Å². The molecule has 3 aromatic rings. The largest absolute Gasteiger partial charge is 0.497 e. The van der Waals surface area contributed by atoms with Gasteiger partial charge < -0.3 is 14.8 Å². The summed E-state index contributed by atoms with van der Waals surface area (Å²) in [6.07, 6.45) is 0. The fourth-order valence-electron chi connectivity index (χ4n) is 3.43. The van der Waals surface area contributed by atoms with E-state index in [9.17, 15) is 13.2 Å². The lowest BCUT2D eigenvalue weighted by Crippen LogP contribution is -2.27. The van der Waals surface area contributed by atoms with Crippen LogP contribution in [-0.2, 0) is 10.0 Å². The van der Waals surface area contributed by atoms with Crippen molar-refractivity contribution >= 4 is 33.2 Å². The maximum absolute atomic E-state index is 13.1. The summed E-state index contributed by atoms with van der Waals surface area (Å²) in [5.74, 6) is 0.747. The summed E-state index contributed by atoms with van der Waals surface area (Å²) >= 11 is 6.22. The van der Waals surface area contributed by atoms with Gasteiger partial charge in [0, 0.05) is 11.1 Å². The Morgan fingerprint density at radius 3 is 2.38 bits per heavy atom. The lowest BCUT2D eigenvalue weighted by molar-refractivity contribution is 0.0939. The standard InChI is InChI=1S/C25H27ClN2O5S/c1-15-6-7-16(2)22(12-15)28-34(30,31)24-13-18(8-10-21(24)26)25(29)27-17(3)20-14-19(32-4)9-11-23(20)33-5/h6-14,17,28H,1-5H3,(H,27,29). The van der Waals surface area contributed by atoms with Gasteiger partial charge >= 0.3 is 0 Å². The molecule has 0 fully saturated rings. The van der Waals surface area contributed by atoms with Crippen molar-refractivity contribution in [3.8, 4) is 11.5 Å². The molecule has 0 aliphatic carbocycles. The molecule has 1 atom stereocenters. The summed E-state index contributed by atoms with van der Waals surface area (Å²) in [4.78, 5) is 12.8. The highest BCUT2D eigenvalue weighted by molar-refractivity contribution is 7.92. The second kappa shape index (κ2) is 10.4. The third-order valence-electron chi connectivity index (χ3n) is 5.37. The van der Waals surface area contributed by atoms with Gasteiger partial charge in [0.05, 0.1) is 31.0 Å². The van der Waals surface area contributed by atoms with Gasteiger partial charge in [-0.1, -0.05) is 23.7 Å². The van der Waals surface area contributed by atoms with E-state index in [2.05, 4.69) is 10.0 Å². The third kappa shape index (κ3) is 5.63. The molecule has 34 heavy (non-hydrogen) atoms. The molecular weight excluding hydrogens is 476 g/mol. The summed E-state index contributed by atoms with van der Waals surface area (Å²) < 4.78 is 39.4. The predicted molar refractivity (Wildman–Crippen MR) is 134 cm³/mol. The lowest BCUT2D eigenvalue weighted by Gasteiger charge is -2.19. The number of halogens is 1. The Morgan fingerprint density at radius 1 is 0.971 bits per heavy atom. The smallest absolute Gasteiger partial charge is 0.263 e. The molecule has 3 rings (SSSR count). The van der Waals surface area contributed by atoms with Gasteiger partial charge in [0.2, 0.25) is 0 Å². The number of ether oxygens (including phenoxy) is 2. The number of rotatable bonds is 8. The summed E-state index contributed by atoms with van der Waals surface area (Å²) in [5, 5.41) is 2.88. The number of aryl methyl sites for hydroxylation is 2. The zero-order valence-corrected chi connectivity index (χ0v) is 21.2. The van der Waals surface area contributed by atoms with Gasteiger partial charge in [0.1, 0.15) is 16.4 Å². The predicted octanol–water partition coefficient (Wildman–Crippen LogP) is 5.27. The van der Waals surface area contributed by atoms with E-state index in [1.54, 1.807) is 52.3 Å². The van der Waals surface area contributed by atoms with Crippen LogP contribution in [0, 0.1) is 13.8 Å². The molecule has 180 valence electrons. The van der Waals surface area contributed by atoms with Crippen LogP contribution in [0.3, 0.4) is 0 Å². The van der Waals surface area contributed by atoms with Crippen molar-refractivity contribution < 1.29 is 22.7 Å². The molecule has 0 saturated heterocycles. The minimum atomic E-state index is -4.04. The number of methoxy groups -OCH3 is 2. The van der Waals surface area contributed by atoms with Gasteiger partial charge in [-0.15, -0.1) is 0 Å². The van der Waals surface area contributed by atoms with Crippen LogP contribution in [0.15, 0.2) is 59.5 Å². The molecule has 0 spiro atoms. The highest BCUT2D eigenvalue weighted by Gasteiger charge is 2.22. The van der Waals surface area contributed by atoms with Crippen LogP contribution >= 0.6 is 11.6 Å². The molecule has 1 amide bonds. The van der Waals surface area contributed by atoms with Gasteiger partial charge in [0.15, 0.2) is 0 Å². The van der Waals surface area contributed by atoms with Crippen LogP contribution in [0.1, 0.15) is 40.0 Å². The molecule has 0 aromatic heterocycles. The molecule has 3 aromatic carbocycles. The van der Waals surface area contributed by atoms with E-state index in [-0.39, 0.29) is 15.5 Å². The number of sulfonamides is 1. The highest BCUT2D eigenvalue weighted by atomic mass is 35.5. The Kier molecular flexibility index (Phi) is 7.74. The number of carbonyl (C=O) groups is 1. The molecule has 2 N–H and O–H groups in total. The van der Waals surface area contributed by atoms with Crippen LogP contribution in [0.5, 0.6) is 11.5 Å². The van der Waals surface area contributed by atoms with Crippen molar-refractivity contribution in [2.75, 3.05) is 18.9 Å². The van der Waals surface area contributed by atoms with Crippen molar-refractivity contribution in [1.29, 1.82) is 0 Å². The van der Waals surface area contributed by atoms with Gasteiger partial charge in [-0.2, -0.15) is 0 Å². The minimum absolute atomic E-state index is 0.0110. The third-order valence-corrected chi connectivity index (χ3v) is 7.22. The first-order valence-electron chi connectivity index (χ1n) is 10.5. The molecular formula is C25H27ClN2O5S. The van der Waals surface area contributed by atoms with Crippen molar-refractivity contribution in [3.63, 3.8) is 0 Å². The summed E-state index contributed by atoms with van der Waals surface area (Å²) in [5.41, 5.74) is 2.99. The quantitative estimate of drug-likeness (QED) is 0.438. The monoisotopic (exact) mass is 502 g/mol. The molecule has 9 heteroatoms. The number of carbonyl (C=O) groups excluding carboxylic acids is 1. The van der Waals surface area contributed by atoms with Crippen molar-refractivity contribution in [1.82, 2.24) is 5.32 Å². The first-order valence-corrected chi connectivity index (χ1v) is 12.3. The van der Waals surface area contributed by atoms with Crippen LogP contribution < -0.4 is 19.5 Å². The maximum Gasteiger partial charge on any atom is 0.263 e. The number of amides is 1. The van der Waals surface area contributed by atoms with Gasteiger partial charge in [0.25, 0.3) is 15.9 Å². The van der Waals surface area contributed by atoms with E-state index in [0.29, 0.717) is 22.7 Å². The average molecular weight is 503 g/mol. The van der Waals surface area contributed by atoms with E-state index in [4.69, 9.17) is 21.1 Å². The fraction of sp³-hybridized carbons (Fsp3) is 0.240. The van der Waals surface area contributed by atoms with Crippen LogP contribution in [0.2, 0.25) is 5.02 Å². The van der Waals surface area contributed by atoms with Gasteiger partial charge in [-0.25, -0.2) is 8.42 Å². The fourth-order valence-corrected chi connectivity index (χ4v) is 5.08. The number of anilines is 1. The number of nitrogens with one attached hydrogen (secondary N) is 2. The molecule has 0 aliphatic rings. The summed E-state index contributed by atoms with van der Waals surface area (Å²) in [6, 6.07) is 14.4. The zero-order valence-electron chi connectivity index (χ0n) is 19.6. The minimum Gasteiger partial charge on any atom is -0.497 e. The van der Waals surface area contributed by atoms with Gasteiger partial charge in [-0.3, -0.25) is 9.52 Å². The second-order valence-corrected chi connectivity index (χ2v) is 9.93. The lowest BCUT2D eigenvalue weighted by atomic mass is 10.1. The molecule has 0 bridgehead atoms. The van der Waals surface area contributed by atoms with Crippen molar-refractivity contribution in [2.24, 2.45) is 0 Å². The van der Waals surface area contributed by atoms with E-state index >= 15 is 0 Å². The SMILES string of the molecule is COc1ccc(OC)c(C(C)NC(=O)c2ccc(Cl)c(S(=O)(=O)Nc3cc(C)ccc3C)c2)c1. The van der Waals surface area contributed by atoms with E-state index < -0.39 is 22.0 Å². The van der Waals surface area contributed by atoms with E-state index in [0.717, 1.165) is 11.1 Å².